The zero-order valence-electron chi connectivity index (χ0n) is 21.7. The molecule has 3 N–H and O–H groups in total. The second kappa shape index (κ2) is 12.2. The zero-order chi connectivity index (χ0) is 25.6. The molecular formula is C27H42N2O4S. The molecule has 1 aliphatic heterocycles. The third kappa shape index (κ3) is 7.59. The molecule has 0 aliphatic carbocycles. The lowest BCUT2D eigenvalue weighted by molar-refractivity contribution is -0.143. The smallest absolute Gasteiger partial charge is 0.223 e. The quantitative estimate of drug-likeness (QED) is 0.515. The zero-order valence-corrected chi connectivity index (χ0v) is 22.5. The van der Waals surface area contributed by atoms with Crippen molar-refractivity contribution in [3.63, 3.8) is 0 Å². The van der Waals surface area contributed by atoms with Crippen LogP contribution in [0.2, 0.25) is 0 Å². The van der Waals surface area contributed by atoms with E-state index in [0.717, 1.165) is 35.5 Å². The van der Waals surface area contributed by atoms with Gasteiger partial charge in [-0.3, -0.25) is 9.59 Å². The summed E-state index contributed by atoms with van der Waals surface area (Å²) in [4.78, 5) is 30.6. The van der Waals surface area contributed by atoms with E-state index in [-0.39, 0.29) is 30.1 Å². The maximum absolute atomic E-state index is 13.2. The number of aromatic nitrogens is 1. The lowest BCUT2D eigenvalue weighted by Crippen LogP contribution is -2.47. The molecule has 7 heteroatoms. The Hall–Kier alpha value is -1.83. The van der Waals surface area contributed by atoms with E-state index in [4.69, 9.17) is 0 Å². The first-order valence-corrected chi connectivity index (χ1v) is 13.2. The van der Waals surface area contributed by atoms with Crippen LogP contribution in [-0.2, 0) is 9.59 Å². The van der Waals surface area contributed by atoms with Crippen molar-refractivity contribution in [3.05, 3.63) is 33.3 Å². The highest BCUT2D eigenvalue weighted by molar-refractivity contribution is 7.09. The molecule has 6 nitrogen and oxygen atoms in total. The monoisotopic (exact) mass is 490 g/mol. The lowest BCUT2D eigenvalue weighted by Gasteiger charge is -2.34. The van der Waals surface area contributed by atoms with Crippen LogP contribution in [0.1, 0.15) is 84.3 Å². The first kappa shape index (κ1) is 28.4. The molecule has 1 aromatic rings. The number of rotatable bonds is 2. The van der Waals surface area contributed by atoms with Gasteiger partial charge in [-0.15, -0.1) is 11.3 Å². The summed E-state index contributed by atoms with van der Waals surface area (Å²) >= 11 is 1.58. The number of allylic oxidation sites excluding steroid dienone is 1. The van der Waals surface area contributed by atoms with Gasteiger partial charge in [-0.25, -0.2) is 4.98 Å². The third-order valence-electron chi connectivity index (χ3n) is 7.19. The number of amides is 1. The number of aryl methyl sites for hydroxylation is 1. The summed E-state index contributed by atoms with van der Waals surface area (Å²) in [5, 5.41) is 27.7. The van der Waals surface area contributed by atoms with E-state index in [2.05, 4.69) is 23.3 Å². The molecule has 0 fully saturated rings. The second-order valence-electron chi connectivity index (χ2n) is 10.5. The number of nitrogens with zero attached hydrogens (tertiary/aromatic N) is 1. The van der Waals surface area contributed by atoms with Crippen LogP contribution >= 0.6 is 11.3 Å². The van der Waals surface area contributed by atoms with Gasteiger partial charge in [0.25, 0.3) is 0 Å². The van der Waals surface area contributed by atoms with E-state index in [1.807, 2.05) is 32.2 Å². The molecule has 1 unspecified atom stereocenters. The van der Waals surface area contributed by atoms with Crippen molar-refractivity contribution in [2.45, 2.75) is 98.8 Å². The van der Waals surface area contributed by atoms with Crippen LogP contribution in [0.4, 0.5) is 0 Å². The minimum atomic E-state index is -1.15. The molecule has 1 aromatic heterocycles. The Morgan fingerprint density at radius 3 is 2.53 bits per heavy atom. The van der Waals surface area contributed by atoms with Crippen LogP contribution in [-0.4, -0.2) is 45.1 Å². The highest BCUT2D eigenvalue weighted by Crippen LogP contribution is 2.32. The summed E-state index contributed by atoms with van der Waals surface area (Å²) in [5.41, 5.74) is 1.94. The van der Waals surface area contributed by atoms with Crippen molar-refractivity contribution in [2.75, 3.05) is 0 Å². The molecule has 1 aliphatic rings. The number of thiazole rings is 1. The molecule has 0 saturated carbocycles. The van der Waals surface area contributed by atoms with Crippen molar-refractivity contribution in [2.24, 2.45) is 17.3 Å². The standard InChI is InChI=1S/C27H42N2O4S/c1-16-9-8-10-17(2)25(32)19(4)26(33)27(6,7)23(30)14-24(31)29-22(12-11-16)18(3)13-21-15-34-20(5)28-21/h11,13,15,17,19,22-23,25,30,32H,8-10,12,14H2,1-7H3,(H,29,31)/t17-,19+,22?,23+,25-/m1/s1. The Balaban J connectivity index is 2.33. The van der Waals surface area contributed by atoms with E-state index < -0.39 is 23.5 Å². The fourth-order valence-electron chi connectivity index (χ4n) is 4.52. The van der Waals surface area contributed by atoms with Gasteiger partial charge in [0.1, 0.15) is 5.78 Å². The molecule has 0 radical (unpaired) electrons. The van der Waals surface area contributed by atoms with E-state index in [0.29, 0.717) is 6.42 Å². The van der Waals surface area contributed by atoms with Crippen LogP contribution < -0.4 is 5.32 Å². The topological polar surface area (TPSA) is 99.5 Å². The number of ketones is 1. The van der Waals surface area contributed by atoms with E-state index in [1.54, 1.807) is 32.1 Å². The van der Waals surface area contributed by atoms with Crippen molar-refractivity contribution in [3.8, 4) is 0 Å². The number of Topliss-reactive ketones (excluding diaryl/α,β-unsaturated/α-hetero) is 1. The summed E-state index contributed by atoms with van der Waals surface area (Å²) in [5.74, 6) is -1.18. The third-order valence-corrected chi connectivity index (χ3v) is 7.98. The van der Waals surface area contributed by atoms with Crippen molar-refractivity contribution in [1.82, 2.24) is 10.3 Å². The van der Waals surface area contributed by atoms with Crippen LogP contribution in [0.25, 0.3) is 6.08 Å². The molecular weight excluding hydrogens is 448 g/mol. The maximum Gasteiger partial charge on any atom is 0.223 e. The van der Waals surface area contributed by atoms with E-state index >= 15 is 0 Å². The molecule has 190 valence electrons. The maximum atomic E-state index is 13.2. The number of carbonyl (C=O) groups excluding carboxylic acids is 2. The number of aliphatic hydroxyl groups is 2. The first-order valence-electron chi connectivity index (χ1n) is 12.3. The summed E-state index contributed by atoms with van der Waals surface area (Å²) in [6.45, 7) is 13.0. The number of aliphatic hydroxyl groups excluding tert-OH is 2. The predicted molar refractivity (Wildman–Crippen MR) is 138 cm³/mol. The van der Waals surface area contributed by atoms with Gasteiger partial charge in [0.2, 0.25) is 5.91 Å². The van der Waals surface area contributed by atoms with Gasteiger partial charge in [-0.2, -0.15) is 0 Å². The SMILES string of the molecule is CC1=CCC(C(C)=Cc2csc(C)n2)NC(=O)C[C@H](O)C(C)(C)C(=O)[C@@H](C)[C@H](O)[C@H](C)CCC1. The largest absolute Gasteiger partial charge is 0.392 e. The number of hydrogen-bond acceptors (Lipinski definition) is 6. The van der Waals surface area contributed by atoms with Gasteiger partial charge < -0.3 is 15.5 Å². The fourth-order valence-corrected chi connectivity index (χ4v) is 5.09. The highest BCUT2D eigenvalue weighted by atomic mass is 32.1. The van der Waals surface area contributed by atoms with Gasteiger partial charge in [-0.1, -0.05) is 39.3 Å². The minimum absolute atomic E-state index is 0.0320. The van der Waals surface area contributed by atoms with E-state index in [9.17, 15) is 19.8 Å². The Morgan fingerprint density at radius 2 is 1.91 bits per heavy atom. The molecule has 0 saturated heterocycles. The van der Waals surface area contributed by atoms with Crippen LogP contribution in [0.15, 0.2) is 22.6 Å². The molecule has 5 atom stereocenters. The van der Waals surface area contributed by atoms with Gasteiger partial charge in [0, 0.05) is 11.3 Å². The molecule has 1 amide bonds. The van der Waals surface area contributed by atoms with Crippen LogP contribution in [0.3, 0.4) is 0 Å². The average molecular weight is 491 g/mol. The Labute approximate surface area is 208 Å². The van der Waals surface area contributed by atoms with Gasteiger partial charge in [-0.05, 0) is 64.0 Å². The summed E-state index contributed by atoms with van der Waals surface area (Å²) in [6.07, 6.45) is 5.30. The summed E-state index contributed by atoms with van der Waals surface area (Å²) in [6, 6.07) is -0.233. The van der Waals surface area contributed by atoms with Gasteiger partial charge in [0.15, 0.2) is 0 Å². The van der Waals surface area contributed by atoms with Gasteiger partial charge >= 0.3 is 0 Å². The number of nitrogens with one attached hydrogen (secondary N) is 1. The van der Waals surface area contributed by atoms with Gasteiger partial charge in [0.05, 0.1) is 40.8 Å². The summed E-state index contributed by atoms with van der Waals surface area (Å²) < 4.78 is 0. The molecule has 2 heterocycles. The Kier molecular flexibility index (Phi) is 10.2. The van der Waals surface area contributed by atoms with E-state index in [1.165, 1.54) is 5.57 Å². The predicted octanol–water partition coefficient (Wildman–Crippen LogP) is 4.84. The average Bonchev–Trinajstić information content (AvgIpc) is 3.18. The second-order valence-corrected chi connectivity index (χ2v) is 11.6. The molecule has 2 rings (SSSR count). The van der Waals surface area contributed by atoms with Crippen molar-refractivity contribution < 1.29 is 19.8 Å². The Bertz CT molecular complexity index is 917. The summed E-state index contributed by atoms with van der Waals surface area (Å²) in [7, 11) is 0. The number of carbonyl (C=O) groups is 2. The van der Waals surface area contributed by atoms with Crippen molar-refractivity contribution in [1.29, 1.82) is 0 Å². The normalized spacial score (nSPS) is 30.6. The minimum Gasteiger partial charge on any atom is -0.392 e. The fraction of sp³-hybridized carbons (Fsp3) is 0.667. The van der Waals surface area contributed by atoms with Crippen LogP contribution in [0.5, 0.6) is 0 Å². The molecule has 34 heavy (non-hydrogen) atoms. The van der Waals surface area contributed by atoms with Crippen molar-refractivity contribution >= 4 is 29.1 Å². The van der Waals surface area contributed by atoms with Crippen LogP contribution in [0, 0.1) is 24.2 Å². The number of hydrogen-bond donors (Lipinski definition) is 3. The highest BCUT2D eigenvalue weighted by Gasteiger charge is 2.42. The molecule has 0 aromatic carbocycles. The first-order chi connectivity index (χ1) is 15.8. The molecule has 0 spiro atoms. The Morgan fingerprint density at radius 1 is 1.24 bits per heavy atom. The molecule has 0 bridgehead atoms. The lowest BCUT2D eigenvalue weighted by atomic mass is 9.73.